The van der Waals surface area contributed by atoms with Gasteiger partial charge in [-0.2, -0.15) is 13.2 Å². The Hall–Kier alpha value is -5.98. The number of halogens is 3. The number of amides is 2. The molecule has 0 saturated carbocycles. The van der Waals surface area contributed by atoms with E-state index in [2.05, 4.69) is 5.32 Å². The van der Waals surface area contributed by atoms with Crippen LogP contribution in [0.2, 0.25) is 0 Å². The lowest BCUT2D eigenvalue weighted by molar-refractivity contribution is -0.158. The second kappa shape index (κ2) is 14.8. The summed E-state index contributed by atoms with van der Waals surface area (Å²) in [5, 5.41) is 22.1. The van der Waals surface area contributed by atoms with Crippen molar-refractivity contribution in [1.29, 1.82) is 0 Å². The number of carbonyl (C=O) groups is 5. The van der Waals surface area contributed by atoms with Crippen LogP contribution in [0.1, 0.15) is 43.8 Å². The van der Waals surface area contributed by atoms with Crippen molar-refractivity contribution >= 4 is 35.4 Å². The van der Waals surface area contributed by atoms with Crippen LogP contribution >= 0.6 is 0 Å². The predicted molar refractivity (Wildman–Crippen MR) is 172 cm³/mol. The third-order valence-electron chi connectivity index (χ3n) is 7.68. The summed E-state index contributed by atoms with van der Waals surface area (Å²) >= 11 is 0. The van der Waals surface area contributed by atoms with Crippen molar-refractivity contribution in [2.75, 3.05) is 26.0 Å². The maximum atomic E-state index is 13.5. The van der Waals surface area contributed by atoms with E-state index in [9.17, 15) is 47.4 Å². The van der Waals surface area contributed by atoms with Crippen molar-refractivity contribution in [2.45, 2.75) is 24.4 Å². The van der Waals surface area contributed by atoms with Crippen LogP contribution in [0.25, 0.3) is 11.1 Å². The molecular weight excluding hydrogens is 645 g/mol. The molecule has 4 aromatic carbocycles. The van der Waals surface area contributed by atoms with Crippen molar-refractivity contribution in [3.05, 3.63) is 125 Å². The molecule has 0 aliphatic carbocycles. The molecule has 13 heteroatoms. The summed E-state index contributed by atoms with van der Waals surface area (Å²) in [5.41, 5.74) is -1.56. The molecule has 0 heterocycles. The Balaban J connectivity index is 1.57. The Bertz CT molecular complexity index is 1880. The lowest BCUT2D eigenvalue weighted by atomic mass is 9.78. The van der Waals surface area contributed by atoms with Gasteiger partial charge in [0.2, 0.25) is 0 Å². The Morgan fingerprint density at radius 2 is 1.41 bits per heavy atom. The van der Waals surface area contributed by atoms with E-state index < -0.39 is 66.3 Å². The molecule has 0 aliphatic heterocycles. The van der Waals surface area contributed by atoms with Crippen LogP contribution < -0.4 is 5.32 Å². The molecule has 0 saturated heterocycles. The molecule has 0 bridgehead atoms. The molecule has 0 radical (unpaired) electrons. The van der Waals surface area contributed by atoms with Gasteiger partial charge in [-0.3, -0.25) is 24.0 Å². The van der Waals surface area contributed by atoms with E-state index in [-0.39, 0.29) is 27.9 Å². The fourth-order valence-corrected chi connectivity index (χ4v) is 5.12. The van der Waals surface area contributed by atoms with Crippen LogP contribution in [0.15, 0.2) is 97.1 Å². The van der Waals surface area contributed by atoms with E-state index in [1.54, 1.807) is 24.3 Å². The van der Waals surface area contributed by atoms with Gasteiger partial charge in [-0.05, 0) is 52.6 Å². The fourth-order valence-electron chi connectivity index (χ4n) is 5.12. The lowest BCUT2D eigenvalue weighted by Gasteiger charge is -2.28. The van der Waals surface area contributed by atoms with Gasteiger partial charge in [-0.25, -0.2) is 0 Å². The normalized spacial score (nSPS) is 12.3. The topological polar surface area (TPSA) is 150 Å². The van der Waals surface area contributed by atoms with E-state index in [4.69, 9.17) is 4.74 Å². The number of hydrogen-bond acceptors (Lipinski definition) is 6. The SMILES string of the molecule is CN(C)C(=O)c1cc(CC(=O)OCC(CC(=O)O)(C(=O)O)c2ccccc2)ccc1NC(=O)c1ccccc1-c1ccc(C(F)(F)F)cc1. The highest BCUT2D eigenvalue weighted by Crippen LogP contribution is 2.33. The first kappa shape index (κ1) is 35.9. The van der Waals surface area contributed by atoms with Crippen LogP contribution in [0.4, 0.5) is 18.9 Å². The summed E-state index contributed by atoms with van der Waals surface area (Å²) in [6.07, 6.45) is -5.80. The zero-order valence-electron chi connectivity index (χ0n) is 26.3. The first-order chi connectivity index (χ1) is 23.1. The zero-order valence-corrected chi connectivity index (χ0v) is 26.3. The molecular formula is C36H31F3N2O8. The maximum Gasteiger partial charge on any atom is 0.416 e. The van der Waals surface area contributed by atoms with E-state index in [1.807, 2.05) is 0 Å². The standard InChI is InChI=1S/C36H31F3N2O8/c1-41(2)33(46)28-18-22(19-31(44)49-21-35(34(47)48,20-30(42)43)24-8-4-3-5-9-24)12-17-29(28)40-32(45)27-11-7-6-10-26(27)23-13-15-25(16-14-23)36(37,38)39/h3-18H,19-21H2,1-2H3,(H,40,45)(H,42,43)(H,47,48). The minimum absolute atomic E-state index is 0.00528. The largest absolute Gasteiger partial charge is 0.481 e. The van der Waals surface area contributed by atoms with E-state index in [0.717, 1.165) is 12.1 Å². The maximum absolute atomic E-state index is 13.5. The second-order valence-corrected chi connectivity index (χ2v) is 11.3. The number of ether oxygens (including phenoxy) is 1. The van der Waals surface area contributed by atoms with Gasteiger partial charge in [0.25, 0.3) is 11.8 Å². The van der Waals surface area contributed by atoms with Crippen LogP contribution in [0.5, 0.6) is 0 Å². The van der Waals surface area contributed by atoms with Gasteiger partial charge in [0.15, 0.2) is 0 Å². The first-order valence-corrected chi connectivity index (χ1v) is 14.7. The van der Waals surface area contributed by atoms with Crippen LogP contribution in [0.3, 0.4) is 0 Å². The molecule has 254 valence electrons. The van der Waals surface area contributed by atoms with Gasteiger partial charge in [0.05, 0.1) is 29.7 Å². The Labute approximate surface area is 278 Å². The van der Waals surface area contributed by atoms with Gasteiger partial charge in [0.1, 0.15) is 12.0 Å². The quantitative estimate of drug-likeness (QED) is 0.157. The first-order valence-electron chi connectivity index (χ1n) is 14.7. The van der Waals surface area contributed by atoms with Gasteiger partial charge < -0.3 is 25.2 Å². The summed E-state index contributed by atoms with van der Waals surface area (Å²) < 4.78 is 44.6. The minimum Gasteiger partial charge on any atom is -0.481 e. The number of carboxylic acids is 2. The fraction of sp³-hybridized carbons (Fsp3) is 0.194. The zero-order chi connectivity index (χ0) is 35.9. The number of carbonyl (C=O) groups excluding carboxylic acids is 3. The summed E-state index contributed by atoms with van der Waals surface area (Å²) in [6.45, 7) is -0.770. The van der Waals surface area contributed by atoms with E-state index in [0.29, 0.717) is 11.1 Å². The molecule has 4 aromatic rings. The molecule has 10 nitrogen and oxygen atoms in total. The number of hydrogen-bond donors (Lipinski definition) is 3. The Morgan fingerprint density at radius 1 is 0.776 bits per heavy atom. The molecule has 0 aromatic heterocycles. The lowest BCUT2D eigenvalue weighted by Crippen LogP contribution is -2.43. The number of carboxylic acid groups (broad SMARTS) is 2. The highest BCUT2D eigenvalue weighted by molar-refractivity contribution is 6.12. The van der Waals surface area contributed by atoms with Gasteiger partial charge in [-0.1, -0.05) is 66.7 Å². The summed E-state index contributed by atoms with van der Waals surface area (Å²) in [6, 6.07) is 22.4. The van der Waals surface area contributed by atoms with Crippen LogP contribution in [-0.2, 0) is 37.1 Å². The average Bonchev–Trinajstić information content (AvgIpc) is 3.06. The Kier molecular flexibility index (Phi) is 10.9. The molecule has 49 heavy (non-hydrogen) atoms. The predicted octanol–water partition coefficient (Wildman–Crippen LogP) is 5.91. The molecule has 4 rings (SSSR count). The monoisotopic (exact) mass is 676 g/mol. The smallest absolute Gasteiger partial charge is 0.416 e. The molecule has 0 aliphatic rings. The average molecular weight is 677 g/mol. The molecule has 1 unspecified atom stereocenters. The van der Waals surface area contributed by atoms with Crippen molar-refractivity contribution < 1.29 is 52.1 Å². The number of esters is 1. The number of alkyl halides is 3. The van der Waals surface area contributed by atoms with Gasteiger partial charge >= 0.3 is 24.1 Å². The molecule has 2 amide bonds. The van der Waals surface area contributed by atoms with Crippen molar-refractivity contribution in [1.82, 2.24) is 4.90 Å². The van der Waals surface area contributed by atoms with E-state index in [1.165, 1.54) is 79.7 Å². The number of rotatable bonds is 12. The molecule has 3 N–H and O–H groups in total. The number of nitrogens with one attached hydrogen (secondary N) is 1. The molecule has 0 fully saturated rings. The summed E-state index contributed by atoms with van der Waals surface area (Å²) in [4.78, 5) is 64.7. The third-order valence-corrected chi connectivity index (χ3v) is 7.68. The van der Waals surface area contributed by atoms with Crippen molar-refractivity contribution in [3.8, 4) is 11.1 Å². The molecule has 0 spiro atoms. The van der Waals surface area contributed by atoms with Gasteiger partial charge in [-0.15, -0.1) is 0 Å². The van der Waals surface area contributed by atoms with Crippen molar-refractivity contribution in [2.24, 2.45) is 0 Å². The van der Waals surface area contributed by atoms with Gasteiger partial charge in [0, 0.05) is 19.7 Å². The summed E-state index contributed by atoms with van der Waals surface area (Å²) in [7, 11) is 2.96. The number of benzene rings is 4. The highest BCUT2D eigenvalue weighted by Gasteiger charge is 2.44. The summed E-state index contributed by atoms with van der Waals surface area (Å²) in [5.74, 6) is -4.98. The number of nitrogens with zero attached hydrogens (tertiary/aromatic N) is 1. The minimum atomic E-state index is -4.53. The third kappa shape index (κ3) is 8.49. The van der Waals surface area contributed by atoms with E-state index >= 15 is 0 Å². The van der Waals surface area contributed by atoms with Crippen LogP contribution in [-0.4, -0.2) is 65.5 Å². The number of anilines is 1. The second-order valence-electron chi connectivity index (χ2n) is 11.3. The van der Waals surface area contributed by atoms with Crippen LogP contribution in [0, 0.1) is 0 Å². The highest BCUT2D eigenvalue weighted by atomic mass is 19.4. The number of aliphatic carboxylic acids is 2. The molecule has 1 atom stereocenters. The Morgan fingerprint density at radius 3 is 2.00 bits per heavy atom. The van der Waals surface area contributed by atoms with Crippen molar-refractivity contribution in [3.63, 3.8) is 0 Å².